The topological polar surface area (TPSA) is 67.2 Å². The van der Waals surface area contributed by atoms with Crippen LogP contribution in [0.4, 0.5) is 5.69 Å². The van der Waals surface area contributed by atoms with Crippen molar-refractivity contribution in [2.75, 3.05) is 11.4 Å². The molecule has 0 radical (unpaired) electrons. The lowest BCUT2D eigenvalue weighted by Crippen LogP contribution is -2.42. The minimum Gasteiger partial charge on any atom is -0.349 e. The largest absolute Gasteiger partial charge is 0.349 e. The van der Waals surface area contributed by atoms with E-state index in [1.54, 1.807) is 9.58 Å². The molecule has 2 aromatic rings. The highest BCUT2D eigenvalue weighted by Crippen LogP contribution is 2.27. The summed E-state index contributed by atoms with van der Waals surface area (Å²) in [5.41, 5.74) is 3.80. The fourth-order valence-electron chi connectivity index (χ4n) is 2.78. The maximum absolute atomic E-state index is 12.2. The first-order valence-corrected chi connectivity index (χ1v) is 7.69. The Balaban J connectivity index is 1.64. The van der Waals surface area contributed by atoms with Gasteiger partial charge in [0, 0.05) is 24.8 Å². The molecule has 23 heavy (non-hydrogen) atoms. The lowest BCUT2D eigenvalue weighted by atomic mass is 10.0. The van der Waals surface area contributed by atoms with Crippen molar-refractivity contribution in [2.24, 2.45) is 7.05 Å². The number of aromatic nitrogens is 2. The Bertz CT molecular complexity index is 731. The van der Waals surface area contributed by atoms with E-state index in [4.69, 9.17) is 0 Å². The number of rotatable bonds is 4. The maximum Gasteiger partial charge on any atom is 0.240 e. The van der Waals surface area contributed by atoms with Crippen molar-refractivity contribution in [1.82, 2.24) is 15.1 Å². The molecule has 0 unspecified atom stereocenters. The van der Waals surface area contributed by atoms with E-state index in [0.717, 1.165) is 29.1 Å². The van der Waals surface area contributed by atoms with Gasteiger partial charge in [0.2, 0.25) is 11.8 Å². The normalized spacial score (nSPS) is 13.8. The van der Waals surface area contributed by atoms with Crippen LogP contribution in [0.15, 0.2) is 30.3 Å². The van der Waals surface area contributed by atoms with Gasteiger partial charge in [-0.05, 0) is 31.0 Å². The first kappa shape index (κ1) is 15.3. The summed E-state index contributed by atoms with van der Waals surface area (Å²) in [7, 11) is 1.87. The summed E-state index contributed by atoms with van der Waals surface area (Å²) in [4.78, 5) is 25.9. The average Bonchev–Trinajstić information content (AvgIpc) is 2.87. The first-order chi connectivity index (χ1) is 11.0. The van der Waals surface area contributed by atoms with Gasteiger partial charge in [0.15, 0.2) is 0 Å². The second-order valence-corrected chi connectivity index (χ2v) is 5.79. The summed E-state index contributed by atoms with van der Waals surface area (Å²) in [5.74, 6) is -0.189. The summed E-state index contributed by atoms with van der Waals surface area (Å²) in [6.45, 7) is 2.37. The highest BCUT2D eigenvalue weighted by Gasteiger charge is 2.25. The SMILES string of the molecule is Cc1cc(CNC(=O)CN2C(=O)CCc3ccccc32)nn1C. The van der Waals surface area contributed by atoms with Gasteiger partial charge in [-0.1, -0.05) is 18.2 Å². The molecular weight excluding hydrogens is 292 g/mol. The standard InChI is InChI=1S/C17H20N4O2/c1-12-9-14(19-20(12)2)10-18-16(22)11-21-15-6-4-3-5-13(15)7-8-17(21)23/h3-6,9H,7-8,10-11H2,1-2H3,(H,18,22). The Labute approximate surface area is 135 Å². The summed E-state index contributed by atoms with van der Waals surface area (Å²) in [5, 5.41) is 7.13. The van der Waals surface area contributed by atoms with Gasteiger partial charge in [0.1, 0.15) is 6.54 Å². The average molecular weight is 312 g/mol. The molecule has 0 saturated carbocycles. The fourth-order valence-corrected chi connectivity index (χ4v) is 2.78. The Hall–Kier alpha value is -2.63. The van der Waals surface area contributed by atoms with Gasteiger partial charge in [-0.3, -0.25) is 14.3 Å². The molecule has 1 aliphatic rings. The lowest BCUT2D eigenvalue weighted by Gasteiger charge is -2.28. The first-order valence-electron chi connectivity index (χ1n) is 7.69. The number of para-hydroxylation sites is 1. The van der Waals surface area contributed by atoms with Crippen LogP contribution in [0, 0.1) is 6.92 Å². The lowest BCUT2D eigenvalue weighted by molar-refractivity contribution is -0.124. The predicted molar refractivity (Wildman–Crippen MR) is 86.9 cm³/mol. The zero-order chi connectivity index (χ0) is 16.4. The number of carbonyl (C=O) groups excluding carboxylic acids is 2. The number of anilines is 1. The molecular formula is C17H20N4O2. The molecule has 6 heteroatoms. The Morgan fingerprint density at radius 2 is 2.09 bits per heavy atom. The second-order valence-electron chi connectivity index (χ2n) is 5.79. The molecule has 0 fully saturated rings. The highest BCUT2D eigenvalue weighted by molar-refractivity contribution is 6.00. The minimum absolute atomic E-state index is 0.00692. The molecule has 6 nitrogen and oxygen atoms in total. The Morgan fingerprint density at radius 3 is 2.83 bits per heavy atom. The van der Waals surface area contributed by atoms with Crippen LogP contribution in [-0.4, -0.2) is 28.1 Å². The third-order valence-corrected chi connectivity index (χ3v) is 4.12. The molecule has 0 bridgehead atoms. The van der Waals surface area contributed by atoms with Crippen LogP contribution >= 0.6 is 0 Å². The molecule has 0 spiro atoms. The van der Waals surface area contributed by atoms with Crippen LogP contribution in [0.25, 0.3) is 0 Å². The van der Waals surface area contributed by atoms with Gasteiger partial charge in [-0.25, -0.2) is 0 Å². The summed E-state index contributed by atoms with van der Waals surface area (Å²) in [6, 6.07) is 9.67. The molecule has 0 saturated heterocycles. The Morgan fingerprint density at radius 1 is 1.30 bits per heavy atom. The molecule has 120 valence electrons. The molecule has 0 atom stereocenters. The van der Waals surface area contributed by atoms with Gasteiger partial charge < -0.3 is 10.2 Å². The summed E-state index contributed by atoms with van der Waals surface area (Å²) in [6.07, 6.45) is 1.18. The molecule has 1 N–H and O–H groups in total. The minimum atomic E-state index is -0.182. The van der Waals surface area contributed by atoms with Crippen LogP contribution in [0.5, 0.6) is 0 Å². The van der Waals surface area contributed by atoms with Crippen molar-refractivity contribution in [1.29, 1.82) is 0 Å². The molecule has 0 aliphatic carbocycles. The zero-order valence-electron chi connectivity index (χ0n) is 13.4. The highest BCUT2D eigenvalue weighted by atomic mass is 16.2. The smallest absolute Gasteiger partial charge is 0.240 e. The monoisotopic (exact) mass is 312 g/mol. The number of nitrogens with zero attached hydrogens (tertiary/aromatic N) is 3. The summed E-state index contributed by atoms with van der Waals surface area (Å²) < 4.78 is 1.77. The second kappa shape index (κ2) is 6.24. The van der Waals surface area contributed by atoms with Gasteiger partial charge in [0.25, 0.3) is 0 Å². The quantitative estimate of drug-likeness (QED) is 0.926. The van der Waals surface area contributed by atoms with Crippen molar-refractivity contribution in [2.45, 2.75) is 26.3 Å². The van der Waals surface area contributed by atoms with Crippen LogP contribution < -0.4 is 10.2 Å². The number of fused-ring (bicyclic) bond motifs is 1. The van der Waals surface area contributed by atoms with E-state index in [1.807, 2.05) is 44.3 Å². The van der Waals surface area contributed by atoms with E-state index < -0.39 is 0 Å². The third kappa shape index (κ3) is 3.26. The molecule has 1 aliphatic heterocycles. The van der Waals surface area contributed by atoms with E-state index in [-0.39, 0.29) is 18.4 Å². The maximum atomic E-state index is 12.2. The number of hydrogen-bond donors (Lipinski definition) is 1. The van der Waals surface area contributed by atoms with E-state index in [0.29, 0.717) is 13.0 Å². The molecule has 2 amide bonds. The fraction of sp³-hybridized carbons (Fsp3) is 0.353. The molecule has 1 aromatic heterocycles. The van der Waals surface area contributed by atoms with E-state index >= 15 is 0 Å². The van der Waals surface area contributed by atoms with E-state index in [2.05, 4.69) is 10.4 Å². The molecule has 2 heterocycles. The number of hydrogen-bond acceptors (Lipinski definition) is 3. The number of carbonyl (C=O) groups is 2. The predicted octanol–water partition coefficient (Wildman–Crippen LogP) is 1.32. The van der Waals surface area contributed by atoms with Crippen molar-refractivity contribution in [3.63, 3.8) is 0 Å². The van der Waals surface area contributed by atoms with Crippen LogP contribution in [0.2, 0.25) is 0 Å². The van der Waals surface area contributed by atoms with Gasteiger partial charge in [-0.15, -0.1) is 0 Å². The number of nitrogens with one attached hydrogen (secondary N) is 1. The van der Waals surface area contributed by atoms with Crippen molar-refractivity contribution >= 4 is 17.5 Å². The van der Waals surface area contributed by atoms with Crippen molar-refractivity contribution in [3.05, 3.63) is 47.3 Å². The van der Waals surface area contributed by atoms with Crippen LogP contribution in [-0.2, 0) is 29.6 Å². The number of aryl methyl sites for hydroxylation is 3. The van der Waals surface area contributed by atoms with E-state index in [1.165, 1.54) is 0 Å². The van der Waals surface area contributed by atoms with E-state index in [9.17, 15) is 9.59 Å². The van der Waals surface area contributed by atoms with Crippen LogP contribution in [0.3, 0.4) is 0 Å². The number of amides is 2. The van der Waals surface area contributed by atoms with Crippen molar-refractivity contribution in [3.8, 4) is 0 Å². The van der Waals surface area contributed by atoms with Gasteiger partial charge in [-0.2, -0.15) is 5.10 Å². The summed E-state index contributed by atoms with van der Waals surface area (Å²) >= 11 is 0. The molecule has 3 rings (SSSR count). The zero-order valence-corrected chi connectivity index (χ0v) is 13.4. The third-order valence-electron chi connectivity index (χ3n) is 4.12. The molecule has 1 aromatic carbocycles. The van der Waals surface area contributed by atoms with Crippen LogP contribution in [0.1, 0.15) is 23.4 Å². The Kier molecular flexibility index (Phi) is 4.14. The van der Waals surface area contributed by atoms with Gasteiger partial charge >= 0.3 is 0 Å². The van der Waals surface area contributed by atoms with Crippen molar-refractivity contribution < 1.29 is 9.59 Å². The van der Waals surface area contributed by atoms with Gasteiger partial charge in [0.05, 0.1) is 12.2 Å². The number of benzene rings is 1.